The number of pyridine rings is 1. The van der Waals surface area contributed by atoms with Crippen molar-refractivity contribution in [1.82, 2.24) is 4.98 Å². The van der Waals surface area contributed by atoms with Gasteiger partial charge < -0.3 is 4.42 Å². The molecule has 0 fully saturated rings. The Kier molecular flexibility index (Phi) is 4.79. The van der Waals surface area contributed by atoms with Crippen LogP contribution in [0.25, 0.3) is 54.4 Å². The molecule has 3 aromatic carbocycles. The summed E-state index contributed by atoms with van der Waals surface area (Å²) in [6, 6.07) is 20.8. The molecule has 180 valence electrons. The van der Waals surface area contributed by atoms with E-state index >= 15 is 0 Å². The molecule has 0 unspecified atom stereocenters. The van der Waals surface area contributed by atoms with E-state index in [1.807, 2.05) is 51.2 Å². The van der Waals surface area contributed by atoms with Gasteiger partial charge in [0, 0.05) is 45.8 Å². The van der Waals surface area contributed by atoms with Crippen LogP contribution in [0, 0.1) is 26.2 Å². The van der Waals surface area contributed by atoms with Crippen molar-refractivity contribution < 1.29 is 7.16 Å². The number of hydrogen-bond acceptors (Lipinski definition) is 3. The molecule has 0 amide bonds. The average Bonchev–Trinajstić information content (AvgIpc) is 3.43. The van der Waals surface area contributed by atoms with Crippen LogP contribution < -0.4 is 0 Å². The molecule has 3 aromatic heterocycles. The predicted octanol–water partition coefficient (Wildman–Crippen LogP) is 10.0. The minimum atomic E-state index is -1.60. The summed E-state index contributed by atoms with van der Waals surface area (Å²) < 4.78 is 26.3. The number of para-hydroxylation sites is 1. The van der Waals surface area contributed by atoms with Gasteiger partial charge >= 0.3 is 0 Å². The Morgan fingerprint density at radius 2 is 1.56 bits per heavy atom. The number of hydrogen-bond donors (Lipinski definition) is 0. The maximum absolute atomic E-state index is 9.27. The first kappa shape index (κ1) is 20.7. The highest BCUT2D eigenvalue weighted by molar-refractivity contribution is 7.19. The van der Waals surface area contributed by atoms with Crippen LogP contribution in [0.2, 0.25) is 0 Å². The molecule has 6 rings (SSSR count). The molecule has 0 spiro atoms. The second-order valence-electron chi connectivity index (χ2n) is 10.8. The van der Waals surface area contributed by atoms with Crippen molar-refractivity contribution in [2.24, 2.45) is 5.41 Å². The molecule has 6 aromatic rings. The molecule has 3 heteroatoms. The number of benzene rings is 3. The fraction of sp³-hybridized carbons (Fsp3) is 0.242. The lowest BCUT2D eigenvalue weighted by atomic mass is 9.83. The van der Waals surface area contributed by atoms with E-state index in [1.165, 1.54) is 9.58 Å². The van der Waals surface area contributed by atoms with Gasteiger partial charge in [-0.1, -0.05) is 51.1 Å². The Bertz CT molecular complexity index is 1850. The first-order valence-electron chi connectivity index (χ1n) is 13.4. The van der Waals surface area contributed by atoms with Crippen molar-refractivity contribution >= 4 is 43.4 Å². The maximum Gasteiger partial charge on any atom is 0.144 e. The second-order valence-corrected chi connectivity index (χ2v) is 12.0. The number of furan rings is 1. The van der Waals surface area contributed by atoms with E-state index in [2.05, 4.69) is 57.2 Å². The van der Waals surface area contributed by atoms with Crippen molar-refractivity contribution in [3.8, 4) is 22.4 Å². The van der Waals surface area contributed by atoms with Gasteiger partial charge in [-0.3, -0.25) is 4.98 Å². The first-order valence-corrected chi connectivity index (χ1v) is 13.2. The molecular formula is C33H31NOS. The lowest BCUT2D eigenvalue weighted by molar-refractivity contribution is 0.411. The van der Waals surface area contributed by atoms with Crippen LogP contribution in [0.1, 0.15) is 45.1 Å². The van der Waals surface area contributed by atoms with E-state index in [4.69, 9.17) is 9.40 Å². The van der Waals surface area contributed by atoms with Crippen LogP contribution in [-0.2, 0) is 6.37 Å². The highest BCUT2D eigenvalue weighted by Crippen LogP contribution is 2.41. The Hall–Kier alpha value is -3.43. The van der Waals surface area contributed by atoms with Crippen LogP contribution in [0.4, 0.5) is 0 Å². The van der Waals surface area contributed by atoms with Gasteiger partial charge in [0.05, 0.1) is 5.69 Å². The van der Waals surface area contributed by atoms with Gasteiger partial charge in [0.15, 0.2) is 0 Å². The predicted molar refractivity (Wildman–Crippen MR) is 155 cm³/mol. The summed E-state index contributed by atoms with van der Waals surface area (Å²) in [5, 5.41) is 3.27. The van der Waals surface area contributed by atoms with Crippen LogP contribution in [-0.4, -0.2) is 4.98 Å². The zero-order chi connectivity index (χ0) is 27.0. The monoisotopic (exact) mass is 491 g/mol. The molecule has 0 aliphatic carbocycles. The van der Waals surface area contributed by atoms with E-state index in [0.717, 1.165) is 55.1 Å². The van der Waals surface area contributed by atoms with Gasteiger partial charge in [0.25, 0.3) is 0 Å². The summed E-state index contributed by atoms with van der Waals surface area (Å²) in [5.41, 5.74) is 7.41. The third-order valence-corrected chi connectivity index (χ3v) is 7.74. The maximum atomic E-state index is 9.27. The number of aryl methyl sites for hydroxylation is 3. The Morgan fingerprint density at radius 3 is 2.31 bits per heavy atom. The zero-order valence-corrected chi connectivity index (χ0v) is 22.4. The molecule has 0 aliphatic heterocycles. The van der Waals surface area contributed by atoms with Gasteiger partial charge in [0.1, 0.15) is 11.2 Å². The first-order chi connectivity index (χ1) is 18.0. The second kappa shape index (κ2) is 8.31. The fourth-order valence-corrected chi connectivity index (χ4v) is 6.17. The zero-order valence-electron chi connectivity index (χ0n) is 23.6. The lowest BCUT2D eigenvalue weighted by Crippen LogP contribution is -2.11. The van der Waals surface area contributed by atoms with E-state index in [1.54, 1.807) is 11.3 Å². The summed E-state index contributed by atoms with van der Waals surface area (Å²) in [4.78, 5) is 6.18. The summed E-state index contributed by atoms with van der Waals surface area (Å²) in [7, 11) is 0. The Labute approximate surface area is 219 Å². The molecule has 0 saturated heterocycles. The van der Waals surface area contributed by atoms with Crippen LogP contribution >= 0.6 is 11.3 Å². The number of rotatable bonds is 3. The summed E-state index contributed by atoms with van der Waals surface area (Å²) in [6.45, 7) is 12.1. The molecule has 0 aliphatic rings. The largest absolute Gasteiger partial charge is 0.455 e. The number of fused-ring (bicyclic) bond motifs is 5. The van der Waals surface area contributed by atoms with Crippen molar-refractivity contribution in [3.63, 3.8) is 0 Å². The van der Waals surface area contributed by atoms with Crippen LogP contribution in [0.15, 0.2) is 71.3 Å². The summed E-state index contributed by atoms with van der Waals surface area (Å²) >= 11 is 1.77. The minimum Gasteiger partial charge on any atom is -0.455 e. The molecule has 3 heterocycles. The topological polar surface area (TPSA) is 26.0 Å². The Morgan fingerprint density at radius 1 is 0.833 bits per heavy atom. The fourth-order valence-electron chi connectivity index (χ4n) is 5.25. The molecule has 0 N–H and O–H groups in total. The third-order valence-electron chi connectivity index (χ3n) is 6.72. The number of thiophene rings is 1. The van der Waals surface area contributed by atoms with Gasteiger partial charge in [-0.05, 0) is 85.1 Å². The standard InChI is InChI=1S/C33H31NOS/c1-19-9-7-10-20(2)30(19)27-18-34-28(16-22(27)17-33(4,5)6)25-12-8-11-23-24-13-14-29-26(15-21(3)36-29)32(24)35-31(23)25/h7-16,18H,17H2,1-6H3/i17D2. The highest BCUT2D eigenvalue weighted by atomic mass is 32.1. The molecule has 0 saturated carbocycles. The molecule has 0 atom stereocenters. The SMILES string of the molecule is [2H]C([2H])(c1cc(-c2cccc3c2oc2c4cc(C)sc4ccc32)ncc1-c1c(C)cccc1C)C(C)(C)C. The van der Waals surface area contributed by atoms with Crippen molar-refractivity contribution in [1.29, 1.82) is 0 Å². The van der Waals surface area contributed by atoms with Gasteiger partial charge in [-0.2, -0.15) is 0 Å². The molecule has 2 nitrogen and oxygen atoms in total. The van der Waals surface area contributed by atoms with Gasteiger partial charge in [-0.15, -0.1) is 11.3 Å². The number of nitrogens with zero attached hydrogens (tertiary/aromatic N) is 1. The Balaban J connectivity index is 1.64. The molecule has 0 bridgehead atoms. The molecule has 0 radical (unpaired) electrons. The van der Waals surface area contributed by atoms with Gasteiger partial charge in [-0.25, -0.2) is 0 Å². The normalized spacial score (nSPS) is 13.5. The third kappa shape index (κ3) is 3.83. The van der Waals surface area contributed by atoms with E-state index in [9.17, 15) is 2.74 Å². The average molecular weight is 492 g/mol. The smallest absolute Gasteiger partial charge is 0.144 e. The summed E-state index contributed by atoms with van der Waals surface area (Å²) in [5.74, 6) is 0. The van der Waals surface area contributed by atoms with Gasteiger partial charge in [0.2, 0.25) is 0 Å². The van der Waals surface area contributed by atoms with Crippen molar-refractivity contribution in [3.05, 3.63) is 88.4 Å². The summed E-state index contributed by atoms with van der Waals surface area (Å²) in [6.07, 6.45) is 0.252. The van der Waals surface area contributed by atoms with E-state index in [-0.39, 0.29) is 0 Å². The quantitative estimate of drug-likeness (QED) is 0.246. The molecule has 36 heavy (non-hydrogen) atoms. The molecular weight excluding hydrogens is 458 g/mol. The lowest BCUT2D eigenvalue weighted by Gasteiger charge is -2.22. The van der Waals surface area contributed by atoms with Crippen molar-refractivity contribution in [2.45, 2.75) is 47.9 Å². The van der Waals surface area contributed by atoms with Crippen molar-refractivity contribution in [2.75, 3.05) is 0 Å². The van der Waals surface area contributed by atoms with E-state index < -0.39 is 11.8 Å². The highest BCUT2D eigenvalue weighted by Gasteiger charge is 2.21. The minimum absolute atomic E-state index is 0.620. The van der Waals surface area contributed by atoms with E-state index in [0.29, 0.717) is 11.3 Å². The number of aromatic nitrogens is 1. The van der Waals surface area contributed by atoms with Crippen LogP contribution in [0.5, 0.6) is 0 Å². The van der Waals surface area contributed by atoms with Crippen LogP contribution in [0.3, 0.4) is 0 Å².